The monoisotopic (exact) mass is 386 g/mol. The Morgan fingerprint density at radius 2 is 1.79 bits per heavy atom. The van der Waals surface area contributed by atoms with Crippen LogP contribution in [-0.4, -0.2) is 27.8 Å². The Morgan fingerprint density at radius 1 is 1.07 bits per heavy atom. The number of pyridine rings is 1. The molecule has 4 rings (SSSR count). The molecule has 6 nitrogen and oxygen atoms in total. The minimum atomic E-state index is -0.183. The predicted octanol–water partition coefficient (Wildman–Crippen LogP) is 4.51. The molecule has 2 aromatic heterocycles. The topological polar surface area (TPSA) is 69.0 Å². The number of carbonyl (C=O) groups excluding carboxylic acids is 1. The van der Waals surface area contributed by atoms with Crippen LogP contribution >= 0.6 is 0 Å². The summed E-state index contributed by atoms with van der Waals surface area (Å²) < 4.78 is 7.00. The summed E-state index contributed by atoms with van der Waals surface area (Å²) in [6, 6.07) is 17.1. The maximum absolute atomic E-state index is 13.2. The van der Waals surface area contributed by atoms with Crippen LogP contribution in [0.3, 0.4) is 0 Å². The number of hydrogen-bond acceptors (Lipinski definition) is 4. The lowest BCUT2D eigenvalue weighted by atomic mass is 10.0. The summed E-state index contributed by atoms with van der Waals surface area (Å²) in [6.45, 7) is 3.82. The van der Waals surface area contributed by atoms with E-state index in [0.29, 0.717) is 5.56 Å². The van der Waals surface area contributed by atoms with Crippen molar-refractivity contribution in [3.05, 3.63) is 71.5 Å². The van der Waals surface area contributed by atoms with Crippen LogP contribution in [0.5, 0.6) is 5.75 Å². The second-order valence-electron chi connectivity index (χ2n) is 6.92. The summed E-state index contributed by atoms with van der Waals surface area (Å²) >= 11 is 0. The highest BCUT2D eigenvalue weighted by atomic mass is 16.5. The Bertz CT molecular complexity index is 1210. The second-order valence-corrected chi connectivity index (χ2v) is 6.92. The Labute approximate surface area is 169 Å². The maximum atomic E-state index is 13.2. The zero-order chi connectivity index (χ0) is 20.5. The number of para-hydroxylation sites is 1. The highest BCUT2D eigenvalue weighted by Crippen LogP contribution is 2.28. The van der Waals surface area contributed by atoms with Crippen LogP contribution in [0.4, 0.5) is 5.69 Å². The molecule has 1 N–H and O–H groups in total. The molecule has 0 radical (unpaired) electrons. The molecule has 0 aliphatic heterocycles. The van der Waals surface area contributed by atoms with Crippen LogP contribution in [0.1, 0.15) is 21.7 Å². The van der Waals surface area contributed by atoms with E-state index < -0.39 is 0 Å². The SMILES string of the molecule is COc1ccc(-c2cc(C(=O)Nc3c(C)nn(C)c3C)c3ccccc3n2)cc1. The summed E-state index contributed by atoms with van der Waals surface area (Å²) in [5.41, 5.74) is 5.42. The van der Waals surface area contributed by atoms with Crippen molar-refractivity contribution in [2.24, 2.45) is 7.05 Å². The zero-order valence-corrected chi connectivity index (χ0v) is 16.9. The fourth-order valence-corrected chi connectivity index (χ4v) is 3.41. The number of anilines is 1. The molecule has 0 saturated heterocycles. The molecule has 146 valence electrons. The standard InChI is InChI=1S/C23H22N4O2/c1-14-22(15(2)27(3)26-14)25-23(28)19-13-21(16-9-11-17(29-4)12-10-16)24-20-8-6-5-7-18(19)20/h5-13H,1-4H3,(H,25,28). The molecule has 0 fully saturated rings. The van der Waals surface area contributed by atoms with Gasteiger partial charge < -0.3 is 10.1 Å². The van der Waals surface area contributed by atoms with E-state index in [9.17, 15) is 4.79 Å². The van der Waals surface area contributed by atoms with Crippen molar-refractivity contribution < 1.29 is 9.53 Å². The van der Waals surface area contributed by atoms with Gasteiger partial charge in [-0.15, -0.1) is 0 Å². The van der Waals surface area contributed by atoms with Gasteiger partial charge in [0.15, 0.2) is 0 Å². The molecule has 29 heavy (non-hydrogen) atoms. The highest BCUT2D eigenvalue weighted by molar-refractivity contribution is 6.13. The van der Waals surface area contributed by atoms with Gasteiger partial charge in [-0.3, -0.25) is 9.48 Å². The van der Waals surface area contributed by atoms with Crippen molar-refractivity contribution in [2.75, 3.05) is 12.4 Å². The van der Waals surface area contributed by atoms with Crippen molar-refractivity contribution in [2.45, 2.75) is 13.8 Å². The number of methoxy groups -OCH3 is 1. The molecule has 1 amide bonds. The number of amides is 1. The largest absolute Gasteiger partial charge is 0.497 e. The molecule has 0 saturated carbocycles. The normalized spacial score (nSPS) is 10.9. The Hall–Kier alpha value is -3.67. The zero-order valence-electron chi connectivity index (χ0n) is 16.9. The number of nitrogens with zero attached hydrogens (tertiary/aromatic N) is 3. The molecule has 0 spiro atoms. The van der Waals surface area contributed by atoms with Gasteiger partial charge in [0.05, 0.1) is 41.0 Å². The minimum absolute atomic E-state index is 0.183. The number of aromatic nitrogens is 3. The van der Waals surface area contributed by atoms with Crippen LogP contribution in [0, 0.1) is 13.8 Å². The van der Waals surface area contributed by atoms with Crippen molar-refractivity contribution in [1.29, 1.82) is 0 Å². The van der Waals surface area contributed by atoms with Gasteiger partial charge in [0.2, 0.25) is 0 Å². The van der Waals surface area contributed by atoms with Crippen LogP contribution in [0.25, 0.3) is 22.2 Å². The Balaban J connectivity index is 1.80. The third-order valence-electron chi connectivity index (χ3n) is 5.09. The number of fused-ring (bicyclic) bond motifs is 1. The van der Waals surface area contributed by atoms with Crippen molar-refractivity contribution in [1.82, 2.24) is 14.8 Å². The fraction of sp³-hybridized carbons (Fsp3) is 0.174. The molecule has 0 aliphatic rings. The number of carbonyl (C=O) groups is 1. The lowest BCUT2D eigenvalue weighted by Gasteiger charge is -2.11. The third-order valence-corrected chi connectivity index (χ3v) is 5.09. The number of aryl methyl sites for hydroxylation is 2. The van der Waals surface area contributed by atoms with E-state index in [-0.39, 0.29) is 5.91 Å². The quantitative estimate of drug-likeness (QED) is 0.560. The lowest BCUT2D eigenvalue weighted by Crippen LogP contribution is -2.14. The van der Waals surface area contributed by atoms with E-state index in [1.165, 1.54) is 0 Å². The Kier molecular flexibility index (Phi) is 4.76. The van der Waals surface area contributed by atoms with Crippen LogP contribution in [0.2, 0.25) is 0 Å². The summed E-state index contributed by atoms with van der Waals surface area (Å²) in [7, 11) is 3.50. The molecule has 2 heterocycles. The summed E-state index contributed by atoms with van der Waals surface area (Å²) in [5, 5.41) is 8.22. The molecule has 4 aromatic rings. The van der Waals surface area contributed by atoms with Crippen molar-refractivity contribution >= 4 is 22.5 Å². The molecular formula is C23H22N4O2. The van der Waals surface area contributed by atoms with Crippen LogP contribution in [0.15, 0.2) is 54.6 Å². The lowest BCUT2D eigenvalue weighted by molar-refractivity contribution is 0.102. The average molecular weight is 386 g/mol. The van der Waals surface area contributed by atoms with Gasteiger partial charge in [-0.25, -0.2) is 4.98 Å². The first-order valence-electron chi connectivity index (χ1n) is 9.33. The van der Waals surface area contributed by atoms with E-state index in [1.54, 1.807) is 11.8 Å². The third kappa shape index (κ3) is 3.45. The predicted molar refractivity (Wildman–Crippen MR) is 114 cm³/mol. The van der Waals surface area contributed by atoms with Gasteiger partial charge in [0.25, 0.3) is 5.91 Å². The summed E-state index contributed by atoms with van der Waals surface area (Å²) in [6.07, 6.45) is 0. The van der Waals surface area contributed by atoms with Gasteiger partial charge in [-0.2, -0.15) is 5.10 Å². The number of ether oxygens (including phenoxy) is 1. The van der Waals surface area contributed by atoms with Gasteiger partial charge >= 0.3 is 0 Å². The molecule has 6 heteroatoms. The van der Waals surface area contributed by atoms with E-state index in [2.05, 4.69) is 10.4 Å². The van der Waals surface area contributed by atoms with E-state index in [0.717, 1.165) is 45.0 Å². The highest BCUT2D eigenvalue weighted by Gasteiger charge is 2.17. The molecule has 0 aliphatic carbocycles. The number of rotatable bonds is 4. The second kappa shape index (κ2) is 7.39. The first-order valence-corrected chi connectivity index (χ1v) is 9.33. The van der Waals surface area contributed by atoms with Gasteiger partial charge in [0, 0.05) is 18.0 Å². The van der Waals surface area contributed by atoms with E-state index in [4.69, 9.17) is 9.72 Å². The minimum Gasteiger partial charge on any atom is -0.497 e. The van der Waals surface area contributed by atoms with E-state index >= 15 is 0 Å². The smallest absolute Gasteiger partial charge is 0.256 e. The first-order chi connectivity index (χ1) is 14.0. The molecule has 0 atom stereocenters. The maximum Gasteiger partial charge on any atom is 0.256 e. The van der Waals surface area contributed by atoms with Gasteiger partial charge in [0.1, 0.15) is 5.75 Å². The molecular weight excluding hydrogens is 364 g/mol. The summed E-state index contributed by atoms with van der Waals surface area (Å²) in [4.78, 5) is 18.0. The average Bonchev–Trinajstić information content (AvgIpc) is 2.98. The number of benzene rings is 2. The van der Waals surface area contributed by atoms with E-state index in [1.807, 2.05) is 75.5 Å². The van der Waals surface area contributed by atoms with Crippen molar-refractivity contribution in [3.63, 3.8) is 0 Å². The van der Waals surface area contributed by atoms with Gasteiger partial charge in [-0.05, 0) is 50.2 Å². The number of nitrogens with one attached hydrogen (secondary N) is 1. The van der Waals surface area contributed by atoms with Crippen LogP contribution < -0.4 is 10.1 Å². The first kappa shape index (κ1) is 18.7. The molecule has 0 unspecified atom stereocenters. The fourth-order valence-electron chi connectivity index (χ4n) is 3.41. The van der Waals surface area contributed by atoms with Crippen LogP contribution in [-0.2, 0) is 7.05 Å². The van der Waals surface area contributed by atoms with Crippen molar-refractivity contribution in [3.8, 4) is 17.0 Å². The molecule has 2 aromatic carbocycles. The molecule has 0 bridgehead atoms. The van der Waals surface area contributed by atoms with Gasteiger partial charge in [-0.1, -0.05) is 18.2 Å². The Morgan fingerprint density at radius 3 is 2.45 bits per heavy atom. The summed E-state index contributed by atoms with van der Waals surface area (Å²) in [5.74, 6) is 0.590. The number of hydrogen-bond donors (Lipinski definition) is 1.